The lowest BCUT2D eigenvalue weighted by molar-refractivity contribution is -0.129. The van der Waals surface area contributed by atoms with Gasteiger partial charge in [0.25, 0.3) is 0 Å². The highest BCUT2D eigenvalue weighted by atomic mass is 16.5. The molecular weight excluding hydrogens is 280 g/mol. The molecule has 3 rings (SSSR count). The molecule has 2 aromatic carbocycles. The molecule has 0 aromatic heterocycles. The van der Waals surface area contributed by atoms with E-state index in [4.69, 9.17) is 9.47 Å². The number of Topliss-reactive ketones (excluding diaryl/α,β-unsaturated/α-hetero) is 1. The van der Waals surface area contributed by atoms with Crippen molar-refractivity contribution in [3.8, 4) is 5.75 Å². The van der Waals surface area contributed by atoms with Crippen molar-refractivity contribution in [1.82, 2.24) is 0 Å². The Morgan fingerprint density at radius 3 is 2.59 bits per heavy atom. The maximum absolute atomic E-state index is 12.5. The lowest BCUT2D eigenvalue weighted by atomic mass is 9.96. The fourth-order valence-corrected chi connectivity index (χ4v) is 2.90. The van der Waals surface area contributed by atoms with Crippen molar-refractivity contribution in [2.24, 2.45) is 0 Å². The molecule has 0 amide bonds. The highest BCUT2D eigenvalue weighted by Crippen LogP contribution is 2.29. The number of ketones is 1. The van der Waals surface area contributed by atoms with E-state index in [1.807, 2.05) is 24.3 Å². The first kappa shape index (κ1) is 14.6. The number of hydrogen-bond donors (Lipinski definition) is 0. The zero-order chi connectivity index (χ0) is 15.5. The zero-order valence-electron chi connectivity index (χ0n) is 12.5. The van der Waals surface area contributed by atoms with E-state index in [1.54, 1.807) is 19.2 Å². The van der Waals surface area contributed by atoms with Crippen LogP contribution in [0.4, 0.5) is 0 Å². The summed E-state index contributed by atoms with van der Waals surface area (Å²) in [5.74, 6) is 0.289. The summed E-state index contributed by atoms with van der Waals surface area (Å²) in [5.41, 5.74) is 0.467. The van der Waals surface area contributed by atoms with Crippen LogP contribution in [0.2, 0.25) is 0 Å². The smallest absolute Gasteiger partial charge is 0.339 e. The Morgan fingerprint density at radius 1 is 1.09 bits per heavy atom. The first-order valence-electron chi connectivity index (χ1n) is 7.50. The predicted octanol–water partition coefficient (Wildman–Crippen LogP) is 3.52. The minimum absolute atomic E-state index is 0.0254. The average molecular weight is 298 g/mol. The molecule has 0 aliphatic heterocycles. The van der Waals surface area contributed by atoms with Gasteiger partial charge in [-0.2, -0.15) is 0 Å². The van der Waals surface area contributed by atoms with Crippen LogP contribution in [0, 0.1) is 0 Å². The third-order valence-electron chi connectivity index (χ3n) is 4.07. The van der Waals surface area contributed by atoms with E-state index < -0.39 is 12.1 Å². The monoisotopic (exact) mass is 298 g/mol. The number of benzene rings is 2. The summed E-state index contributed by atoms with van der Waals surface area (Å²) in [4.78, 5) is 24.3. The molecule has 0 heterocycles. The van der Waals surface area contributed by atoms with Gasteiger partial charge in [0.1, 0.15) is 5.75 Å². The van der Waals surface area contributed by atoms with Crippen molar-refractivity contribution in [2.45, 2.75) is 31.8 Å². The summed E-state index contributed by atoms with van der Waals surface area (Å²) in [6.07, 6.45) is 2.34. The van der Waals surface area contributed by atoms with Crippen LogP contribution < -0.4 is 4.74 Å². The van der Waals surface area contributed by atoms with Gasteiger partial charge in [0.05, 0.1) is 12.7 Å². The Bertz CT molecular complexity index is 720. The number of esters is 1. The predicted molar refractivity (Wildman–Crippen MR) is 83.2 cm³/mol. The van der Waals surface area contributed by atoms with E-state index in [2.05, 4.69) is 0 Å². The van der Waals surface area contributed by atoms with Gasteiger partial charge in [-0.1, -0.05) is 24.3 Å². The summed E-state index contributed by atoms with van der Waals surface area (Å²) in [6.45, 7) is 0. The SMILES string of the molecule is COc1ccc(C(=O)O[C@@H]2CCCCC2=O)c2ccccc12. The molecule has 0 spiro atoms. The minimum atomic E-state index is -0.595. The summed E-state index contributed by atoms with van der Waals surface area (Å²) in [5, 5.41) is 1.63. The van der Waals surface area contributed by atoms with Crippen LogP contribution in [0.1, 0.15) is 36.0 Å². The van der Waals surface area contributed by atoms with Crippen LogP contribution in [0.5, 0.6) is 5.75 Å². The van der Waals surface area contributed by atoms with Crippen molar-refractivity contribution in [1.29, 1.82) is 0 Å². The maximum atomic E-state index is 12.5. The molecule has 0 unspecified atom stereocenters. The van der Waals surface area contributed by atoms with E-state index in [-0.39, 0.29) is 5.78 Å². The highest BCUT2D eigenvalue weighted by molar-refractivity contribution is 6.07. The molecule has 1 aliphatic rings. The van der Waals surface area contributed by atoms with E-state index in [9.17, 15) is 9.59 Å². The summed E-state index contributed by atoms with van der Waals surface area (Å²) in [7, 11) is 1.60. The standard InChI is InChI=1S/C18H18O4/c1-21-16-11-10-14(12-6-2-3-7-13(12)16)18(20)22-17-9-5-4-8-15(17)19/h2-3,6-7,10-11,17H,4-5,8-9H2,1H3/t17-/m1/s1. The van der Waals surface area contributed by atoms with Crippen molar-refractivity contribution in [2.75, 3.05) is 7.11 Å². The molecule has 4 heteroatoms. The van der Waals surface area contributed by atoms with Gasteiger partial charge in [-0.05, 0) is 36.8 Å². The van der Waals surface area contributed by atoms with E-state index in [0.717, 1.165) is 23.6 Å². The molecule has 1 saturated carbocycles. The quantitative estimate of drug-likeness (QED) is 0.814. The number of carbonyl (C=O) groups is 2. The first-order valence-corrected chi connectivity index (χ1v) is 7.50. The molecule has 0 radical (unpaired) electrons. The Kier molecular flexibility index (Phi) is 4.09. The lowest BCUT2D eigenvalue weighted by Crippen LogP contribution is -2.30. The van der Waals surface area contributed by atoms with Gasteiger partial charge in [-0.3, -0.25) is 4.79 Å². The Hall–Kier alpha value is -2.36. The minimum Gasteiger partial charge on any atom is -0.496 e. The van der Waals surface area contributed by atoms with Gasteiger partial charge >= 0.3 is 5.97 Å². The molecule has 114 valence electrons. The fourth-order valence-electron chi connectivity index (χ4n) is 2.90. The number of ether oxygens (including phenoxy) is 2. The topological polar surface area (TPSA) is 52.6 Å². The van der Waals surface area contributed by atoms with Crippen molar-refractivity contribution < 1.29 is 19.1 Å². The second-order valence-corrected chi connectivity index (χ2v) is 5.47. The van der Waals surface area contributed by atoms with Crippen LogP contribution in [0.15, 0.2) is 36.4 Å². The van der Waals surface area contributed by atoms with Crippen LogP contribution in [0.3, 0.4) is 0 Å². The normalized spacial score (nSPS) is 18.2. The first-order chi connectivity index (χ1) is 10.7. The Morgan fingerprint density at radius 2 is 1.86 bits per heavy atom. The molecule has 1 fully saturated rings. The molecule has 4 nitrogen and oxygen atoms in total. The van der Waals surface area contributed by atoms with Crippen molar-refractivity contribution in [3.05, 3.63) is 42.0 Å². The molecule has 2 aromatic rings. The fraction of sp³-hybridized carbons (Fsp3) is 0.333. The second-order valence-electron chi connectivity index (χ2n) is 5.47. The molecule has 22 heavy (non-hydrogen) atoms. The molecule has 0 saturated heterocycles. The molecule has 1 aliphatic carbocycles. The number of fused-ring (bicyclic) bond motifs is 1. The van der Waals surface area contributed by atoms with Crippen LogP contribution in [-0.2, 0) is 9.53 Å². The molecule has 0 N–H and O–H groups in total. The summed E-state index contributed by atoms with van der Waals surface area (Å²) in [6, 6.07) is 11.0. The van der Waals surface area contributed by atoms with Crippen LogP contribution in [0.25, 0.3) is 10.8 Å². The zero-order valence-corrected chi connectivity index (χ0v) is 12.5. The van der Waals surface area contributed by atoms with Gasteiger partial charge in [-0.25, -0.2) is 4.79 Å². The number of methoxy groups -OCH3 is 1. The van der Waals surface area contributed by atoms with Gasteiger partial charge in [0.15, 0.2) is 11.9 Å². The van der Waals surface area contributed by atoms with Crippen LogP contribution in [-0.4, -0.2) is 25.0 Å². The Balaban J connectivity index is 1.92. The van der Waals surface area contributed by atoms with E-state index in [0.29, 0.717) is 24.2 Å². The largest absolute Gasteiger partial charge is 0.496 e. The third-order valence-corrected chi connectivity index (χ3v) is 4.07. The third kappa shape index (κ3) is 2.69. The summed E-state index contributed by atoms with van der Waals surface area (Å²) >= 11 is 0. The average Bonchev–Trinajstić information content (AvgIpc) is 2.56. The molecule has 0 bridgehead atoms. The van der Waals surface area contributed by atoms with Gasteiger partial charge in [-0.15, -0.1) is 0 Å². The van der Waals surface area contributed by atoms with Gasteiger partial charge in [0, 0.05) is 11.8 Å². The van der Waals surface area contributed by atoms with Gasteiger partial charge < -0.3 is 9.47 Å². The van der Waals surface area contributed by atoms with Crippen molar-refractivity contribution >= 4 is 22.5 Å². The lowest BCUT2D eigenvalue weighted by Gasteiger charge is -2.21. The second kappa shape index (κ2) is 6.18. The Labute approximate surface area is 129 Å². The van der Waals surface area contributed by atoms with E-state index in [1.165, 1.54) is 0 Å². The highest BCUT2D eigenvalue weighted by Gasteiger charge is 2.27. The summed E-state index contributed by atoms with van der Waals surface area (Å²) < 4.78 is 10.8. The molecule has 1 atom stereocenters. The van der Waals surface area contributed by atoms with E-state index >= 15 is 0 Å². The van der Waals surface area contributed by atoms with Crippen LogP contribution >= 0.6 is 0 Å². The molecular formula is C18H18O4. The number of hydrogen-bond acceptors (Lipinski definition) is 4. The maximum Gasteiger partial charge on any atom is 0.339 e. The van der Waals surface area contributed by atoms with Crippen molar-refractivity contribution in [3.63, 3.8) is 0 Å². The number of carbonyl (C=O) groups excluding carboxylic acids is 2. The van der Waals surface area contributed by atoms with Gasteiger partial charge in [0.2, 0.25) is 0 Å². The number of rotatable bonds is 3.